The molecule has 0 radical (unpaired) electrons. The number of ether oxygens (including phenoxy) is 1. The number of rotatable bonds is 9. The molecule has 2 aromatic rings. The summed E-state index contributed by atoms with van der Waals surface area (Å²) in [7, 11) is 0. The minimum absolute atomic E-state index is 0. The van der Waals surface area contributed by atoms with Crippen molar-refractivity contribution in [1.29, 1.82) is 0 Å². The van der Waals surface area contributed by atoms with Gasteiger partial charge in [-0.05, 0) is 50.0 Å². The molecule has 3 rings (SSSR count). The van der Waals surface area contributed by atoms with Crippen LogP contribution < -0.4 is 15.6 Å². The van der Waals surface area contributed by atoms with E-state index in [0.29, 0.717) is 6.61 Å². The number of hydrogen-bond acceptors (Lipinski definition) is 7. The lowest BCUT2D eigenvalue weighted by atomic mass is 10.1. The van der Waals surface area contributed by atoms with Gasteiger partial charge >= 0.3 is 0 Å². The third kappa shape index (κ3) is 7.15. The maximum atomic E-state index is 5.86. The van der Waals surface area contributed by atoms with Crippen LogP contribution in [0.5, 0.6) is 5.75 Å². The van der Waals surface area contributed by atoms with E-state index < -0.39 is 0 Å². The van der Waals surface area contributed by atoms with Crippen molar-refractivity contribution in [1.82, 2.24) is 20.5 Å². The van der Waals surface area contributed by atoms with E-state index in [1.54, 1.807) is 5.51 Å². The molecule has 1 aromatic carbocycles. The lowest BCUT2D eigenvalue weighted by Gasteiger charge is -2.26. The molecule has 1 aromatic heterocycles. The van der Waals surface area contributed by atoms with Gasteiger partial charge in [-0.2, -0.15) is 0 Å². The van der Waals surface area contributed by atoms with Crippen molar-refractivity contribution < 1.29 is 4.74 Å². The van der Waals surface area contributed by atoms with E-state index in [1.807, 2.05) is 6.07 Å². The average Bonchev–Trinajstić information content (AvgIpc) is 3.13. The molecular weight excluding hydrogens is 358 g/mol. The maximum absolute atomic E-state index is 5.86. The van der Waals surface area contributed by atoms with E-state index in [0.717, 1.165) is 30.4 Å². The Morgan fingerprint density at radius 3 is 2.88 bits per heavy atom. The smallest absolute Gasteiger partial charge is 0.219 e. The van der Waals surface area contributed by atoms with E-state index >= 15 is 0 Å². The number of hydrazine groups is 1. The van der Waals surface area contributed by atoms with Gasteiger partial charge < -0.3 is 4.74 Å². The highest BCUT2D eigenvalue weighted by Gasteiger charge is 2.10. The first-order chi connectivity index (χ1) is 11.9. The largest absolute Gasteiger partial charge is 0.494 e. The number of nitrogens with one attached hydrogen (secondary N) is 2. The second-order valence-electron chi connectivity index (χ2n) is 5.98. The summed E-state index contributed by atoms with van der Waals surface area (Å²) in [5.74, 6) is 0.960. The van der Waals surface area contributed by atoms with Gasteiger partial charge in [0, 0.05) is 13.1 Å². The number of nitrogens with zero attached hydrogens (tertiary/aromatic N) is 3. The molecule has 8 heteroatoms. The van der Waals surface area contributed by atoms with Crippen molar-refractivity contribution in [3.8, 4) is 5.75 Å². The van der Waals surface area contributed by atoms with Crippen molar-refractivity contribution in [2.24, 2.45) is 0 Å². The highest BCUT2D eigenvalue weighted by Crippen LogP contribution is 2.17. The minimum atomic E-state index is 0. The topological polar surface area (TPSA) is 62.3 Å². The van der Waals surface area contributed by atoms with Crippen molar-refractivity contribution in [3.63, 3.8) is 0 Å². The molecule has 1 aliphatic rings. The molecule has 2 heterocycles. The van der Waals surface area contributed by atoms with Gasteiger partial charge in [0.05, 0.1) is 6.61 Å². The number of benzene rings is 1. The Labute approximate surface area is 159 Å². The van der Waals surface area contributed by atoms with Gasteiger partial charge in [-0.25, -0.2) is 5.43 Å². The van der Waals surface area contributed by atoms with Gasteiger partial charge in [-0.1, -0.05) is 29.9 Å². The maximum Gasteiger partial charge on any atom is 0.219 e. The Bertz CT molecular complexity index is 592. The number of hydrogen-bond donors (Lipinski definition) is 2. The molecule has 0 unspecified atom stereocenters. The SMILES string of the molecule is Cl.c1cc(CN2CCCCC2)cc(OCCCNNc2nncs2)c1. The molecule has 0 bridgehead atoms. The molecular formula is C17H26ClN5OS. The van der Waals surface area contributed by atoms with E-state index in [4.69, 9.17) is 4.74 Å². The molecule has 0 atom stereocenters. The molecule has 2 N–H and O–H groups in total. The van der Waals surface area contributed by atoms with Crippen LogP contribution in [0.25, 0.3) is 0 Å². The van der Waals surface area contributed by atoms with E-state index in [-0.39, 0.29) is 12.4 Å². The third-order valence-electron chi connectivity index (χ3n) is 4.02. The minimum Gasteiger partial charge on any atom is -0.494 e. The number of anilines is 1. The Morgan fingerprint density at radius 2 is 2.08 bits per heavy atom. The van der Waals surface area contributed by atoms with Crippen molar-refractivity contribution >= 4 is 28.9 Å². The Hall–Kier alpha value is -1.41. The first-order valence-corrected chi connectivity index (χ1v) is 9.47. The molecule has 0 aliphatic carbocycles. The quantitative estimate of drug-likeness (QED) is 0.511. The van der Waals surface area contributed by atoms with Crippen LogP contribution in [0.1, 0.15) is 31.2 Å². The predicted octanol–water partition coefficient (Wildman–Crippen LogP) is 3.33. The summed E-state index contributed by atoms with van der Waals surface area (Å²) in [6.45, 7) is 4.98. The Kier molecular flexibility index (Phi) is 8.96. The Morgan fingerprint density at radius 1 is 1.20 bits per heavy atom. The summed E-state index contributed by atoms with van der Waals surface area (Å²) in [4.78, 5) is 2.53. The van der Waals surface area contributed by atoms with E-state index in [1.165, 1.54) is 49.3 Å². The van der Waals surface area contributed by atoms with Gasteiger partial charge in [-0.3, -0.25) is 10.3 Å². The van der Waals surface area contributed by atoms with Gasteiger partial charge in [0.1, 0.15) is 11.3 Å². The molecule has 138 valence electrons. The fraction of sp³-hybridized carbons (Fsp3) is 0.529. The van der Waals surface area contributed by atoms with Gasteiger partial charge in [-0.15, -0.1) is 22.6 Å². The van der Waals surface area contributed by atoms with Crippen LogP contribution in [0.4, 0.5) is 5.13 Å². The van der Waals surface area contributed by atoms with E-state index in [9.17, 15) is 0 Å². The normalized spacial score (nSPS) is 14.7. The summed E-state index contributed by atoms with van der Waals surface area (Å²) in [5, 5.41) is 8.44. The second-order valence-corrected chi connectivity index (χ2v) is 6.82. The monoisotopic (exact) mass is 383 g/mol. The highest BCUT2D eigenvalue weighted by atomic mass is 35.5. The number of halogens is 1. The molecule has 25 heavy (non-hydrogen) atoms. The molecule has 6 nitrogen and oxygen atoms in total. The summed E-state index contributed by atoms with van der Waals surface area (Å²) in [5.41, 5.74) is 9.16. The molecule has 0 amide bonds. The van der Waals surface area contributed by atoms with Crippen LogP contribution in [-0.2, 0) is 6.54 Å². The van der Waals surface area contributed by atoms with Crippen LogP contribution in [0.2, 0.25) is 0 Å². The van der Waals surface area contributed by atoms with Crippen molar-refractivity contribution in [3.05, 3.63) is 35.3 Å². The number of aromatic nitrogens is 2. The lowest BCUT2D eigenvalue weighted by Crippen LogP contribution is -2.29. The van der Waals surface area contributed by atoms with Gasteiger partial charge in [0.15, 0.2) is 0 Å². The first kappa shape index (κ1) is 19.9. The standard InChI is InChI=1S/C17H25N5OS.ClH/c1-2-9-22(10-3-1)13-15-6-4-7-16(12-15)23-11-5-8-18-20-17-21-19-14-24-17;/h4,6-7,12,14,18H,1-3,5,8-11,13H2,(H,20,21);1H. The summed E-state index contributed by atoms with van der Waals surface area (Å²) in [6.07, 6.45) is 4.95. The van der Waals surface area contributed by atoms with Crippen molar-refractivity contribution in [2.45, 2.75) is 32.2 Å². The Balaban J connectivity index is 0.00000225. The molecule has 1 aliphatic heterocycles. The summed E-state index contributed by atoms with van der Waals surface area (Å²) >= 11 is 1.47. The average molecular weight is 384 g/mol. The fourth-order valence-corrected chi connectivity index (χ4v) is 3.25. The van der Waals surface area contributed by atoms with Gasteiger partial charge in [0.25, 0.3) is 0 Å². The summed E-state index contributed by atoms with van der Waals surface area (Å²) < 4.78 is 5.86. The second kappa shape index (κ2) is 11.3. The zero-order valence-corrected chi connectivity index (χ0v) is 16.0. The number of likely N-dealkylation sites (tertiary alicyclic amines) is 1. The zero-order valence-electron chi connectivity index (χ0n) is 14.3. The van der Waals surface area contributed by atoms with Crippen molar-refractivity contribution in [2.75, 3.05) is 31.7 Å². The van der Waals surface area contributed by atoms with Crippen LogP contribution >= 0.6 is 23.7 Å². The van der Waals surface area contributed by atoms with Crippen LogP contribution in [0, 0.1) is 0 Å². The summed E-state index contributed by atoms with van der Waals surface area (Å²) in [6, 6.07) is 8.48. The van der Waals surface area contributed by atoms with Crippen LogP contribution in [0.15, 0.2) is 29.8 Å². The third-order valence-corrected chi connectivity index (χ3v) is 4.63. The van der Waals surface area contributed by atoms with Gasteiger partial charge in [0.2, 0.25) is 5.13 Å². The zero-order chi connectivity index (χ0) is 16.5. The number of piperidine rings is 1. The molecule has 1 saturated heterocycles. The van der Waals surface area contributed by atoms with Crippen LogP contribution in [0.3, 0.4) is 0 Å². The highest BCUT2D eigenvalue weighted by molar-refractivity contribution is 7.13. The fourth-order valence-electron chi connectivity index (χ4n) is 2.83. The van der Waals surface area contributed by atoms with Crippen LogP contribution in [-0.4, -0.2) is 41.3 Å². The molecule has 0 spiro atoms. The van der Waals surface area contributed by atoms with E-state index in [2.05, 4.69) is 44.1 Å². The lowest BCUT2D eigenvalue weighted by molar-refractivity contribution is 0.220. The predicted molar refractivity (Wildman–Crippen MR) is 104 cm³/mol. The molecule has 1 fully saturated rings. The molecule has 0 saturated carbocycles. The first-order valence-electron chi connectivity index (χ1n) is 8.59.